The summed E-state index contributed by atoms with van der Waals surface area (Å²) in [6, 6.07) is 11.5. The average Bonchev–Trinajstić information content (AvgIpc) is 2.53. The summed E-state index contributed by atoms with van der Waals surface area (Å²) in [4.78, 5) is 0. The SMILES string of the molecule is CC1(C)C(NC2CCC(O)CC2)CC1OCc1ccccc1. The molecule has 0 saturated heterocycles. The quantitative estimate of drug-likeness (QED) is 0.877. The van der Waals surface area contributed by atoms with E-state index in [0.717, 1.165) is 32.1 Å². The molecule has 2 aliphatic carbocycles. The van der Waals surface area contributed by atoms with Crippen LogP contribution in [0.1, 0.15) is 51.5 Å². The number of aliphatic hydroxyl groups excluding tert-OH is 1. The number of aliphatic hydroxyl groups is 1. The fourth-order valence-corrected chi connectivity index (χ4v) is 3.75. The van der Waals surface area contributed by atoms with Crippen molar-refractivity contribution in [3.63, 3.8) is 0 Å². The van der Waals surface area contributed by atoms with Gasteiger partial charge in [-0.25, -0.2) is 0 Å². The van der Waals surface area contributed by atoms with E-state index in [1.165, 1.54) is 5.56 Å². The number of benzene rings is 1. The maximum absolute atomic E-state index is 9.61. The third-order valence-corrected chi connectivity index (χ3v) is 5.61. The highest BCUT2D eigenvalue weighted by Crippen LogP contribution is 2.43. The van der Waals surface area contributed by atoms with Crippen LogP contribution in [0.25, 0.3) is 0 Å². The van der Waals surface area contributed by atoms with Gasteiger partial charge in [0.05, 0.1) is 18.8 Å². The van der Waals surface area contributed by atoms with Gasteiger partial charge in [-0.05, 0) is 37.7 Å². The van der Waals surface area contributed by atoms with Gasteiger partial charge in [-0.15, -0.1) is 0 Å². The third kappa shape index (κ3) is 3.53. The van der Waals surface area contributed by atoms with E-state index in [9.17, 15) is 5.11 Å². The molecule has 2 unspecified atom stereocenters. The first kappa shape index (κ1) is 16.0. The lowest BCUT2D eigenvalue weighted by molar-refractivity contribution is -0.128. The zero-order valence-electron chi connectivity index (χ0n) is 13.8. The van der Waals surface area contributed by atoms with E-state index < -0.39 is 0 Å². The molecular weight excluding hydrogens is 274 g/mol. The van der Waals surface area contributed by atoms with Crippen molar-refractivity contribution in [2.75, 3.05) is 0 Å². The summed E-state index contributed by atoms with van der Waals surface area (Å²) in [7, 11) is 0. The summed E-state index contributed by atoms with van der Waals surface area (Å²) in [5.74, 6) is 0. The smallest absolute Gasteiger partial charge is 0.0720 e. The number of hydrogen-bond donors (Lipinski definition) is 2. The van der Waals surface area contributed by atoms with E-state index in [1.54, 1.807) is 0 Å². The van der Waals surface area contributed by atoms with E-state index in [2.05, 4.69) is 43.4 Å². The zero-order chi connectivity index (χ0) is 15.6. The van der Waals surface area contributed by atoms with Crippen LogP contribution >= 0.6 is 0 Å². The normalized spacial score (nSPS) is 34.1. The molecule has 0 bridgehead atoms. The van der Waals surface area contributed by atoms with Crippen molar-refractivity contribution in [2.45, 2.75) is 76.9 Å². The van der Waals surface area contributed by atoms with Crippen LogP contribution in [0, 0.1) is 5.41 Å². The highest BCUT2D eigenvalue weighted by molar-refractivity contribution is 5.14. The fraction of sp³-hybridized carbons (Fsp3) is 0.684. The predicted molar refractivity (Wildman–Crippen MR) is 88.6 cm³/mol. The highest BCUT2D eigenvalue weighted by atomic mass is 16.5. The molecule has 2 N–H and O–H groups in total. The molecule has 0 heterocycles. The van der Waals surface area contributed by atoms with E-state index >= 15 is 0 Å². The maximum Gasteiger partial charge on any atom is 0.0720 e. The van der Waals surface area contributed by atoms with Crippen molar-refractivity contribution in [3.05, 3.63) is 35.9 Å². The van der Waals surface area contributed by atoms with Crippen LogP contribution in [-0.4, -0.2) is 29.4 Å². The number of rotatable bonds is 5. The first-order valence-corrected chi connectivity index (χ1v) is 8.65. The Labute approximate surface area is 134 Å². The van der Waals surface area contributed by atoms with Crippen molar-refractivity contribution in [3.8, 4) is 0 Å². The lowest BCUT2D eigenvalue weighted by Gasteiger charge is -2.53. The Morgan fingerprint density at radius 2 is 1.82 bits per heavy atom. The van der Waals surface area contributed by atoms with Crippen LogP contribution < -0.4 is 5.32 Å². The molecule has 1 aromatic rings. The minimum atomic E-state index is -0.0746. The van der Waals surface area contributed by atoms with Gasteiger partial charge >= 0.3 is 0 Å². The Balaban J connectivity index is 1.45. The molecule has 122 valence electrons. The molecule has 3 nitrogen and oxygen atoms in total. The lowest BCUT2D eigenvalue weighted by atomic mass is 9.64. The van der Waals surface area contributed by atoms with Crippen LogP contribution in [0.15, 0.2) is 30.3 Å². The summed E-state index contributed by atoms with van der Waals surface area (Å²) >= 11 is 0. The number of ether oxygens (including phenoxy) is 1. The van der Waals surface area contributed by atoms with Gasteiger partial charge in [0.1, 0.15) is 0 Å². The van der Waals surface area contributed by atoms with Crippen molar-refractivity contribution in [1.82, 2.24) is 5.32 Å². The van der Waals surface area contributed by atoms with Gasteiger partial charge in [-0.3, -0.25) is 0 Å². The van der Waals surface area contributed by atoms with Gasteiger partial charge in [-0.1, -0.05) is 44.2 Å². The number of hydrogen-bond acceptors (Lipinski definition) is 3. The van der Waals surface area contributed by atoms with Crippen LogP contribution in [0.4, 0.5) is 0 Å². The second-order valence-electron chi connectivity index (χ2n) is 7.57. The standard InChI is InChI=1S/C19H29NO2/c1-19(2)17(20-15-8-10-16(21)11-9-15)12-18(19)22-13-14-6-4-3-5-7-14/h3-7,15-18,20-21H,8-13H2,1-2H3. The van der Waals surface area contributed by atoms with Crippen LogP contribution in [0.2, 0.25) is 0 Å². The average molecular weight is 303 g/mol. The third-order valence-electron chi connectivity index (χ3n) is 5.61. The topological polar surface area (TPSA) is 41.5 Å². The van der Waals surface area contributed by atoms with E-state index in [1.807, 2.05) is 6.07 Å². The van der Waals surface area contributed by atoms with Gasteiger partial charge in [0.25, 0.3) is 0 Å². The Hall–Kier alpha value is -0.900. The molecule has 0 amide bonds. The van der Waals surface area contributed by atoms with E-state index in [4.69, 9.17) is 4.74 Å². The fourth-order valence-electron chi connectivity index (χ4n) is 3.75. The summed E-state index contributed by atoms with van der Waals surface area (Å²) < 4.78 is 6.14. The summed E-state index contributed by atoms with van der Waals surface area (Å²) in [6.45, 7) is 5.32. The molecular formula is C19H29NO2. The molecule has 22 heavy (non-hydrogen) atoms. The zero-order valence-corrected chi connectivity index (χ0v) is 13.8. The van der Waals surface area contributed by atoms with Crippen molar-refractivity contribution in [2.24, 2.45) is 5.41 Å². The molecule has 2 aliphatic rings. The van der Waals surface area contributed by atoms with Gasteiger partial charge in [0.2, 0.25) is 0 Å². The summed E-state index contributed by atoms with van der Waals surface area (Å²) in [5.41, 5.74) is 1.43. The van der Waals surface area contributed by atoms with Crippen molar-refractivity contribution >= 4 is 0 Å². The predicted octanol–water partition coefficient (Wildman–Crippen LogP) is 3.26. The largest absolute Gasteiger partial charge is 0.393 e. The Morgan fingerprint density at radius 1 is 1.14 bits per heavy atom. The van der Waals surface area contributed by atoms with Crippen LogP contribution in [0.3, 0.4) is 0 Å². The second kappa shape index (κ2) is 6.69. The second-order valence-corrected chi connectivity index (χ2v) is 7.57. The summed E-state index contributed by atoms with van der Waals surface area (Å²) in [6.07, 6.45) is 5.44. The van der Waals surface area contributed by atoms with Crippen molar-refractivity contribution < 1.29 is 9.84 Å². The van der Waals surface area contributed by atoms with E-state index in [-0.39, 0.29) is 11.5 Å². The molecule has 0 aromatic heterocycles. The lowest BCUT2D eigenvalue weighted by Crippen LogP contribution is -2.63. The minimum Gasteiger partial charge on any atom is -0.393 e. The molecule has 0 spiro atoms. The Kier molecular flexibility index (Phi) is 4.86. The molecule has 1 aromatic carbocycles. The van der Waals surface area contributed by atoms with Gasteiger partial charge in [-0.2, -0.15) is 0 Å². The molecule has 0 aliphatic heterocycles. The molecule has 3 heteroatoms. The van der Waals surface area contributed by atoms with Gasteiger partial charge < -0.3 is 15.2 Å². The molecule has 2 saturated carbocycles. The Morgan fingerprint density at radius 3 is 2.45 bits per heavy atom. The first-order chi connectivity index (χ1) is 10.6. The molecule has 2 fully saturated rings. The van der Waals surface area contributed by atoms with Crippen LogP contribution in [0.5, 0.6) is 0 Å². The highest BCUT2D eigenvalue weighted by Gasteiger charge is 2.49. The minimum absolute atomic E-state index is 0.0746. The van der Waals surface area contributed by atoms with Crippen molar-refractivity contribution in [1.29, 1.82) is 0 Å². The molecule has 3 rings (SSSR count). The first-order valence-electron chi connectivity index (χ1n) is 8.65. The molecule has 0 radical (unpaired) electrons. The van der Waals surface area contributed by atoms with Crippen LogP contribution in [-0.2, 0) is 11.3 Å². The molecule has 2 atom stereocenters. The van der Waals surface area contributed by atoms with E-state index in [0.29, 0.717) is 24.8 Å². The maximum atomic E-state index is 9.61. The monoisotopic (exact) mass is 303 g/mol. The van der Waals surface area contributed by atoms with Gasteiger partial charge in [0, 0.05) is 17.5 Å². The Bertz CT molecular complexity index is 466. The number of nitrogens with one attached hydrogen (secondary N) is 1. The summed E-state index contributed by atoms with van der Waals surface area (Å²) in [5, 5.41) is 13.4. The van der Waals surface area contributed by atoms with Gasteiger partial charge in [0.15, 0.2) is 0 Å².